The number of Topliss-reactive ketones (excluding diaryl/α,β-unsaturated/α-hetero) is 1. The minimum atomic E-state index is -0.275. The van der Waals surface area contributed by atoms with E-state index >= 15 is 0 Å². The van der Waals surface area contributed by atoms with Crippen LogP contribution < -0.4 is 5.43 Å². The molecule has 0 radical (unpaired) electrons. The van der Waals surface area contributed by atoms with Crippen LogP contribution in [0.25, 0.3) is 0 Å². The summed E-state index contributed by atoms with van der Waals surface area (Å²) in [6.07, 6.45) is -0.275. The molecule has 0 bridgehead atoms. The van der Waals surface area contributed by atoms with E-state index < -0.39 is 0 Å². The van der Waals surface area contributed by atoms with Crippen molar-refractivity contribution in [2.45, 2.75) is 12.0 Å². The van der Waals surface area contributed by atoms with Gasteiger partial charge in [-0.25, -0.2) is 0 Å². The predicted octanol–water partition coefficient (Wildman–Crippen LogP) is 1.35. The van der Waals surface area contributed by atoms with Crippen LogP contribution in [0.4, 0.5) is 0 Å². The lowest BCUT2D eigenvalue weighted by molar-refractivity contribution is -0.114. The first-order valence-electron chi connectivity index (χ1n) is 5.47. The molecule has 0 saturated carbocycles. The Bertz CT molecular complexity index is 480. The summed E-state index contributed by atoms with van der Waals surface area (Å²) in [4.78, 5) is 11.9. The number of halogens is 1. The van der Waals surface area contributed by atoms with E-state index in [0.717, 1.165) is 5.56 Å². The van der Waals surface area contributed by atoms with E-state index in [4.69, 9.17) is 16.3 Å². The largest absolute Gasteiger partial charge is 0.364 e. The van der Waals surface area contributed by atoms with Crippen molar-refractivity contribution in [3.8, 4) is 0 Å². The zero-order valence-corrected chi connectivity index (χ0v) is 9.78. The van der Waals surface area contributed by atoms with E-state index in [0.29, 0.717) is 23.9 Å². The van der Waals surface area contributed by atoms with Crippen LogP contribution in [0, 0.1) is 0 Å². The number of rotatable bonds is 3. The van der Waals surface area contributed by atoms with E-state index in [1.165, 1.54) is 0 Å². The van der Waals surface area contributed by atoms with Crippen molar-refractivity contribution in [1.29, 1.82) is 0 Å². The molecule has 0 amide bonds. The van der Waals surface area contributed by atoms with Crippen molar-refractivity contribution in [2.24, 2.45) is 5.10 Å². The van der Waals surface area contributed by atoms with Gasteiger partial charge in [0.1, 0.15) is 11.8 Å². The molecule has 2 aliphatic heterocycles. The monoisotopic (exact) mass is 250 g/mol. The third kappa shape index (κ3) is 2.06. The zero-order chi connectivity index (χ0) is 11.8. The maximum absolute atomic E-state index is 11.9. The topological polar surface area (TPSA) is 54.0 Å². The second-order valence-electron chi connectivity index (χ2n) is 4.15. The Labute approximate surface area is 104 Å². The minimum Gasteiger partial charge on any atom is -0.364 e. The molecule has 2 atom stereocenters. The van der Waals surface area contributed by atoms with Crippen molar-refractivity contribution in [2.75, 3.05) is 13.2 Å². The van der Waals surface area contributed by atoms with Gasteiger partial charge in [0.25, 0.3) is 0 Å². The highest BCUT2D eigenvalue weighted by Crippen LogP contribution is 2.25. The van der Waals surface area contributed by atoms with Gasteiger partial charge in [0.05, 0.1) is 12.5 Å². The fourth-order valence-electron chi connectivity index (χ4n) is 1.96. The Morgan fingerprint density at radius 1 is 1.41 bits per heavy atom. The summed E-state index contributed by atoms with van der Waals surface area (Å²) in [6, 6.07) is 7.50. The molecule has 1 aromatic rings. The molecule has 4 nitrogen and oxygen atoms in total. The van der Waals surface area contributed by atoms with Gasteiger partial charge < -0.3 is 10.2 Å². The number of nitrogens with zero attached hydrogens (tertiary/aromatic N) is 1. The molecule has 17 heavy (non-hydrogen) atoms. The van der Waals surface area contributed by atoms with Crippen molar-refractivity contribution < 1.29 is 9.53 Å². The van der Waals surface area contributed by atoms with Crippen LogP contribution in [-0.4, -0.2) is 30.8 Å². The molecule has 88 valence electrons. The van der Waals surface area contributed by atoms with Crippen LogP contribution >= 0.6 is 11.6 Å². The van der Waals surface area contributed by atoms with Crippen LogP contribution in [0.15, 0.2) is 29.4 Å². The average molecular weight is 251 g/mol. The Kier molecular flexibility index (Phi) is 2.61. The predicted molar refractivity (Wildman–Crippen MR) is 64.4 cm³/mol. The quantitative estimate of drug-likeness (QED) is 0.824. The van der Waals surface area contributed by atoms with Crippen molar-refractivity contribution in [3.63, 3.8) is 0 Å². The number of carbonyl (C=O) groups is 1. The molecule has 0 aliphatic carbocycles. The van der Waals surface area contributed by atoms with Gasteiger partial charge >= 0.3 is 0 Å². The molecule has 5 heteroatoms. The fraction of sp³-hybridized carbons (Fsp3) is 0.333. The molecule has 3 rings (SSSR count). The first-order valence-corrected chi connectivity index (χ1v) is 5.85. The zero-order valence-electron chi connectivity index (χ0n) is 9.02. The lowest BCUT2D eigenvalue weighted by Gasteiger charge is -2.10. The highest BCUT2D eigenvalue weighted by molar-refractivity contribution is 6.44. The van der Waals surface area contributed by atoms with Crippen LogP contribution in [0.3, 0.4) is 0 Å². The maximum atomic E-state index is 11.9. The second kappa shape index (κ2) is 4.13. The molecule has 2 heterocycles. The number of carbonyl (C=O) groups excluding carboxylic acids is 1. The third-order valence-electron chi connectivity index (χ3n) is 2.98. The summed E-state index contributed by atoms with van der Waals surface area (Å²) in [6.45, 7) is 1.17. The van der Waals surface area contributed by atoms with Crippen molar-refractivity contribution >= 4 is 23.1 Å². The lowest BCUT2D eigenvalue weighted by Crippen LogP contribution is -2.25. The van der Waals surface area contributed by atoms with E-state index in [2.05, 4.69) is 10.5 Å². The van der Waals surface area contributed by atoms with Crippen molar-refractivity contribution in [1.82, 2.24) is 5.43 Å². The lowest BCUT2D eigenvalue weighted by atomic mass is 9.92. The molecule has 2 unspecified atom stereocenters. The first-order chi connectivity index (χ1) is 8.25. The van der Waals surface area contributed by atoms with Gasteiger partial charge in [-0.05, 0) is 17.7 Å². The van der Waals surface area contributed by atoms with Gasteiger partial charge in [0.15, 0.2) is 0 Å². The number of hydrogen-bond acceptors (Lipinski definition) is 4. The number of hydrazone groups is 1. The first kappa shape index (κ1) is 10.7. The van der Waals surface area contributed by atoms with Gasteiger partial charge in [0.2, 0.25) is 5.78 Å². The molecule has 1 aromatic carbocycles. The Hall–Kier alpha value is -1.39. The van der Waals surface area contributed by atoms with Crippen LogP contribution in [-0.2, 0) is 9.53 Å². The molecule has 0 aromatic heterocycles. The minimum absolute atomic E-state index is 0.00367. The average Bonchev–Trinajstić information content (AvgIpc) is 3.07. The number of ether oxygens (including phenoxy) is 1. The van der Waals surface area contributed by atoms with Crippen molar-refractivity contribution in [3.05, 3.63) is 34.9 Å². The summed E-state index contributed by atoms with van der Waals surface area (Å²) >= 11 is 5.84. The summed E-state index contributed by atoms with van der Waals surface area (Å²) in [7, 11) is 0. The summed E-state index contributed by atoms with van der Waals surface area (Å²) in [5.74, 6) is -0.00100. The van der Waals surface area contributed by atoms with Gasteiger partial charge in [-0.2, -0.15) is 5.10 Å². The SMILES string of the molecule is O=C(C1=NNCC1c1ccc(Cl)cc1)C1CO1. The third-order valence-corrected chi connectivity index (χ3v) is 3.23. The Morgan fingerprint density at radius 2 is 2.12 bits per heavy atom. The number of ketones is 1. The van der Waals surface area contributed by atoms with E-state index in [1.807, 2.05) is 24.3 Å². The second-order valence-corrected chi connectivity index (χ2v) is 4.59. The standard InChI is InChI=1S/C12H11ClN2O2/c13-8-3-1-7(2-4-8)9-5-14-15-11(9)12(16)10-6-17-10/h1-4,9-10,14H,5-6H2. The van der Waals surface area contributed by atoms with E-state index in [9.17, 15) is 4.79 Å². The Morgan fingerprint density at radius 3 is 2.76 bits per heavy atom. The molecule has 0 spiro atoms. The normalized spacial score (nSPS) is 26.3. The van der Waals surface area contributed by atoms with Gasteiger partial charge in [-0.15, -0.1) is 0 Å². The molecular formula is C12H11ClN2O2. The van der Waals surface area contributed by atoms with E-state index in [-0.39, 0.29) is 17.8 Å². The maximum Gasteiger partial charge on any atom is 0.210 e. The number of epoxide rings is 1. The smallest absolute Gasteiger partial charge is 0.210 e. The number of benzene rings is 1. The van der Waals surface area contributed by atoms with Gasteiger partial charge in [-0.3, -0.25) is 4.79 Å². The highest BCUT2D eigenvalue weighted by Gasteiger charge is 2.39. The number of nitrogens with one attached hydrogen (secondary N) is 1. The molecule has 1 saturated heterocycles. The molecule has 1 N–H and O–H groups in total. The Balaban J connectivity index is 1.85. The fourth-order valence-corrected chi connectivity index (χ4v) is 2.08. The van der Waals surface area contributed by atoms with Crippen LogP contribution in [0.5, 0.6) is 0 Å². The van der Waals surface area contributed by atoms with Crippen LogP contribution in [0.1, 0.15) is 11.5 Å². The van der Waals surface area contributed by atoms with Gasteiger partial charge in [0, 0.05) is 11.6 Å². The highest BCUT2D eigenvalue weighted by atomic mass is 35.5. The molecule has 1 fully saturated rings. The summed E-state index contributed by atoms with van der Waals surface area (Å²) in [5, 5.41) is 4.77. The molecule has 2 aliphatic rings. The summed E-state index contributed by atoms with van der Waals surface area (Å²) in [5.41, 5.74) is 4.49. The number of hydrogen-bond donors (Lipinski definition) is 1. The van der Waals surface area contributed by atoms with E-state index in [1.54, 1.807) is 0 Å². The van der Waals surface area contributed by atoms with Gasteiger partial charge in [-0.1, -0.05) is 23.7 Å². The summed E-state index contributed by atoms with van der Waals surface area (Å²) < 4.78 is 5.01. The molecular weight excluding hydrogens is 240 g/mol. The van der Waals surface area contributed by atoms with Crippen LogP contribution in [0.2, 0.25) is 5.02 Å².